The number of carbonyl (C=O) groups excluding carboxylic acids is 1. The minimum Gasteiger partial charge on any atom is -0.376 e. The summed E-state index contributed by atoms with van der Waals surface area (Å²) in [7, 11) is 0. The van der Waals surface area contributed by atoms with Crippen molar-refractivity contribution >= 4 is 5.91 Å². The standard InChI is InChI=1S/C23H32FN5O2/c24-22-6-2-1-4-20(22)15-27-10-7-19(8-11-27)14-28(16-21-5-3-13-31-21)23(30)9-12-29-18-25-17-26-29/h1-2,4,6,17-19,21H,3,5,7-16H2. The Labute approximate surface area is 183 Å². The van der Waals surface area contributed by atoms with Gasteiger partial charge in [-0.1, -0.05) is 18.2 Å². The largest absolute Gasteiger partial charge is 0.376 e. The van der Waals surface area contributed by atoms with E-state index in [2.05, 4.69) is 15.0 Å². The molecule has 0 spiro atoms. The minimum absolute atomic E-state index is 0.134. The van der Waals surface area contributed by atoms with Gasteiger partial charge in [0.15, 0.2) is 0 Å². The normalized spacial score (nSPS) is 20.2. The minimum atomic E-state index is -0.134. The molecule has 168 valence electrons. The summed E-state index contributed by atoms with van der Waals surface area (Å²) in [6.07, 6.45) is 7.83. The van der Waals surface area contributed by atoms with Gasteiger partial charge < -0.3 is 9.64 Å². The van der Waals surface area contributed by atoms with E-state index in [9.17, 15) is 9.18 Å². The maximum absolute atomic E-state index is 14.0. The maximum atomic E-state index is 14.0. The van der Waals surface area contributed by atoms with Crippen molar-refractivity contribution in [2.24, 2.45) is 5.92 Å². The van der Waals surface area contributed by atoms with E-state index in [1.165, 1.54) is 12.4 Å². The van der Waals surface area contributed by atoms with Gasteiger partial charge in [0, 0.05) is 38.2 Å². The molecule has 2 aliphatic rings. The molecule has 1 atom stereocenters. The third-order valence-corrected chi connectivity index (χ3v) is 6.36. The number of aryl methyl sites for hydroxylation is 1. The first-order valence-corrected chi connectivity index (χ1v) is 11.3. The third kappa shape index (κ3) is 6.33. The van der Waals surface area contributed by atoms with Crippen molar-refractivity contribution in [3.8, 4) is 0 Å². The number of hydrogen-bond acceptors (Lipinski definition) is 5. The fraction of sp³-hybridized carbons (Fsp3) is 0.609. The Morgan fingerprint density at radius 2 is 2.03 bits per heavy atom. The van der Waals surface area contributed by atoms with Crippen LogP contribution in [0.25, 0.3) is 0 Å². The molecule has 1 amide bonds. The molecular weight excluding hydrogens is 397 g/mol. The lowest BCUT2D eigenvalue weighted by Gasteiger charge is -2.35. The summed E-state index contributed by atoms with van der Waals surface area (Å²) in [6.45, 7) is 5.28. The zero-order valence-corrected chi connectivity index (χ0v) is 18.0. The Kier molecular flexibility index (Phi) is 7.64. The number of carbonyl (C=O) groups is 1. The number of piperidine rings is 1. The number of halogens is 1. The average molecular weight is 430 g/mol. The molecule has 1 aromatic heterocycles. The molecule has 2 aromatic rings. The van der Waals surface area contributed by atoms with Gasteiger partial charge >= 0.3 is 0 Å². The van der Waals surface area contributed by atoms with Crippen molar-refractivity contribution in [1.82, 2.24) is 24.6 Å². The number of likely N-dealkylation sites (tertiary alicyclic amines) is 1. The maximum Gasteiger partial charge on any atom is 0.224 e. The van der Waals surface area contributed by atoms with Crippen molar-refractivity contribution in [2.75, 3.05) is 32.8 Å². The molecule has 2 aliphatic heterocycles. The van der Waals surface area contributed by atoms with E-state index < -0.39 is 0 Å². The van der Waals surface area contributed by atoms with E-state index in [-0.39, 0.29) is 17.8 Å². The first-order valence-electron chi connectivity index (χ1n) is 11.3. The van der Waals surface area contributed by atoms with Gasteiger partial charge in [-0.05, 0) is 50.8 Å². The van der Waals surface area contributed by atoms with E-state index in [1.807, 2.05) is 17.0 Å². The van der Waals surface area contributed by atoms with Crippen molar-refractivity contribution in [3.63, 3.8) is 0 Å². The van der Waals surface area contributed by atoms with Crippen LogP contribution in [0.3, 0.4) is 0 Å². The average Bonchev–Trinajstić information content (AvgIpc) is 3.49. The van der Waals surface area contributed by atoms with Gasteiger partial charge in [0.25, 0.3) is 0 Å². The molecule has 4 rings (SSSR count). The van der Waals surface area contributed by atoms with Crippen molar-refractivity contribution < 1.29 is 13.9 Å². The molecule has 0 bridgehead atoms. The monoisotopic (exact) mass is 429 g/mol. The Morgan fingerprint density at radius 1 is 1.19 bits per heavy atom. The van der Waals surface area contributed by atoms with Gasteiger partial charge in [0.1, 0.15) is 18.5 Å². The second-order valence-electron chi connectivity index (χ2n) is 8.65. The molecule has 0 N–H and O–H groups in total. The highest BCUT2D eigenvalue weighted by molar-refractivity contribution is 5.76. The number of aromatic nitrogens is 3. The van der Waals surface area contributed by atoms with Crippen molar-refractivity contribution in [3.05, 3.63) is 48.3 Å². The summed E-state index contributed by atoms with van der Waals surface area (Å²) in [5.74, 6) is 0.485. The van der Waals surface area contributed by atoms with Crippen LogP contribution < -0.4 is 0 Å². The predicted molar refractivity (Wildman–Crippen MR) is 115 cm³/mol. The molecule has 0 radical (unpaired) electrons. The molecule has 31 heavy (non-hydrogen) atoms. The highest BCUT2D eigenvalue weighted by Gasteiger charge is 2.27. The zero-order chi connectivity index (χ0) is 21.5. The predicted octanol–water partition coefficient (Wildman–Crippen LogP) is 2.73. The fourth-order valence-electron chi connectivity index (χ4n) is 4.54. The van der Waals surface area contributed by atoms with Gasteiger partial charge in [-0.15, -0.1) is 0 Å². The lowest BCUT2D eigenvalue weighted by Crippen LogP contribution is -2.43. The molecule has 0 saturated carbocycles. The van der Waals surface area contributed by atoms with E-state index >= 15 is 0 Å². The van der Waals surface area contributed by atoms with Crippen molar-refractivity contribution in [2.45, 2.75) is 51.3 Å². The Morgan fingerprint density at radius 3 is 2.74 bits per heavy atom. The van der Waals surface area contributed by atoms with Gasteiger partial charge in [0.2, 0.25) is 5.91 Å². The van der Waals surface area contributed by atoms with Gasteiger partial charge in [-0.3, -0.25) is 14.4 Å². The smallest absolute Gasteiger partial charge is 0.224 e. The molecular formula is C23H32FN5O2. The number of benzene rings is 1. The molecule has 7 nitrogen and oxygen atoms in total. The number of amides is 1. The number of nitrogens with zero attached hydrogens (tertiary/aromatic N) is 5. The lowest BCUT2D eigenvalue weighted by molar-refractivity contribution is -0.134. The first-order chi connectivity index (χ1) is 15.2. The number of rotatable bonds is 9. The van der Waals surface area contributed by atoms with Crippen molar-refractivity contribution in [1.29, 1.82) is 0 Å². The van der Waals surface area contributed by atoms with Crippen LogP contribution in [0.2, 0.25) is 0 Å². The summed E-state index contributed by atoms with van der Waals surface area (Å²) in [6, 6.07) is 7.00. The van der Waals surface area contributed by atoms with Crippen LogP contribution in [0.4, 0.5) is 4.39 Å². The van der Waals surface area contributed by atoms with Crippen LogP contribution in [0, 0.1) is 11.7 Å². The van der Waals surface area contributed by atoms with Gasteiger partial charge in [-0.2, -0.15) is 5.10 Å². The summed E-state index contributed by atoms with van der Waals surface area (Å²) >= 11 is 0. The topological polar surface area (TPSA) is 63.5 Å². The molecule has 2 fully saturated rings. The zero-order valence-electron chi connectivity index (χ0n) is 18.0. The fourth-order valence-corrected chi connectivity index (χ4v) is 4.54. The quantitative estimate of drug-likeness (QED) is 0.613. The summed E-state index contributed by atoms with van der Waals surface area (Å²) in [4.78, 5) is 21.3. The SMILES string of the molecule is O=C(CCn1cncn1)N(CC1CCN(Cc2ccccc2F)CC1)CC1CCCO1. The third-order valence-electron chi connectivity index (χ3n) is 6.36. The number of hydrogen-bond donors (Lipinski definition) is 0. The molecule has 2 saturated heterocycles. The van der Waals surface area contributed by atoms with E-state index in [0.29, 0.717) is 32.0 Å². The van der Waals surface area contributed by atoms with E-state index in [1.54, 1.807) is 17.1 Å². The molecule has 0 aliphatic carbocycles. The summed E-state index contributed by atoms with van der Waals surface area (Å²) in [5, 5.41) is 4.09. The highest BCUT2D eigenvalue weighted by atomic mass is 19.1. The molecule has 1 aromatic carbocycles. The van der Waals surface area contributed by atoms with Crippen LogP contribution in [-0.4, -0.2) is 69.4 Å². The van der Waals surface area contributed by atoms with E-state index in [0.717, 1.165) is 57.5 Å². The van der Waals surface area contributed by atoms with Gasteiger partial charge in [0.05, 0.1) is 12.6 Å². The van der Waals surface area contributed by atoms with Crippen LogP contribution in [0.15, 0.2) is 36.9 Å². The molecule has 8 heteroatoms. The van der Waals surface area contributed by atoms with Crippen LogP contribution in [0.5, 0.6) is 0 Å². The highest BCUT2D eigenvalue weighted by Crippen LogP contribution is 2.23. The summed E-state index contributed by atoms with van der Waals surface area (Å²) < 4.78 is 21.5. The second-order valence-corrected chi connectivity index (χ2v) is 8.65. The first kappa shape index (κ1) is 21.9. The van der Waals surface area contributed by atoms with Crippen LogP contribution >= 0.6 is 0 Å². The number of ether oxygens (including phenoxy) is 1. The van der Waals surface area contributed by atoms with Gasteiger partial charge in [-0.25, -0.2) is 9.37 Å². The van der Waals surface area contributed by atoms with Crippen LogP contribution in [0.1, 0.15) is 37.7 Å². The molecule has 1 unspecified atom stereocenters. The Balaban J connectivity index is 1.29. The Hall–Kier alpha value is -2.32. The molecule has 3 heterocycles. The lowest BCUT2D eigenvalue weighted by atomic mass is 9.95. The summed E-state index contributed by atoms with van der Waals surface area (Å²) in [5.41, 5.74) is 0.754. The van der Waals surface area contributed by atoms with Crippen LogP contribution in [-0.2, 0) is 22.6 Å². The van der Waals surface area contributed by atoms with E-state index in [4.69, 9.17) is 4.74 Å². The second kappa shape index (κ2) is 10.8. The Bertz CT molecular complexity index is 817.